The van der Waals surface area contributed by atoms with E-state index in [0.29, 0.717) is 0 Å². The highest BCUT2D eigenvalue weighted by Crippen LogP contribution is 2.33. The minimum absolute atomic E-state index is 0.0121. The van der Waals surface area contributed by atoms with Crippen LogP contribution in [0.2, 0.25) is 5.02 Å². The first kappa shape index (κ1) is 12.6. The molecule has 21 heavy (non-hydrogen) atoms. The van der Waals surface area contributed by atoms with Crippen LogP contribution in [-0.2, 0) is 0 Å². The zero-order valence-electron chi connectivity index (χ0n) is 10.9. The fourth-order valence-corrected chi connectivity index (χ4v) is 3.24. The second-order valence-corrected chi connectivity index (χ2v) is 6.09. The number of nitrogens with zero attached hydrogens (tertiary/aromatic N) is 3. The lowest BCUT2D eigenvalue weighted by Crippen LogP contribution is -2.19. The summed E-state index contributed by atoms with van der Waals surface area (Å²) in [6, 6.07) is 12.0. The molecular formula is C15H11ClN4S. The number of thiophene rings is 1. The van der Waals surface area contributed by atoms with E-state index in [9.17, 15) is 0 Å². The van der Waals surface area contributed by atoms with Gasteiger partial charge in [0.25, 0.3) is 0 Å². The van der Waals surface area contributed by atoms with Crippen molar-refractivity contribution in [1.82, 2.24) is 14.8 Å². The molecule has 3 heterocycles. The van der Waals surface area contributed by atoms with Crippen molar-refractivity contribution in [3.05, 3.63) is 69.6 Å². The molecule has 0 radical (unpaired) electrons. The summed E-state index contributed by atoms with van der Waals surface area (Å²) in [5.41, 5.74) is 2.19. The fraction of sp³-hybridized carbons (Fsp3) is 0.0667. The number of nitrogens with one attached hydrogen (secondary N) is 1. The molecule has 0 spiro atoms. The number of benzene rings is 1. The molecule has 4 nitrogen and oxygen atoms in total. The maximum Gasteiger partial charge on any atom is 0.226 e. The van der Waals surface area contributed by atoms with E-state index in [1.54, 1.807) is 17.7 Å². The van der Waals surface area contributed by atoms with E-state index in [0.717, 1.165) is 22.2 Å². The van der Waals surface area contributed by atoms with Crippen LogP contribution < -0.4 is 5.32 Å². The Kier molecular flexibility index (Phi) is 3.02. The lowest BCUT2D eigenvalue weighted by atomic mass is 10.0. The summed E-state index contributed by atoms with van der Waals surface area (Å²) in [5, 5.41) is 10.4. The Balaban J connectivity index is 1.82. The third-order valence-corrected chi connectivity index (χ3v) is 4.56. The molecular weight excluding hydrogens is 304 g/mol. The average molecular weight is 315 g/mol. The van der Waals surface area contributed by atoms with Gasteiger partial charge in [0.15, 0.2) is 0 Å². The number of allylic oxidation sites excluding steroid dienone is 1. The fourth-order valence-electron chi connectivity index (χ4n) is 2.41. The van der Waals surface area contributed by atoms with Gasteiger partial charge in [-0.15, -0.1) is 11.3 Å². The van der Waals surface area contributed by atoms with Gasteiger partial charge in [-0.05, 0) is 35.2 Å². The van der Waals surface area contributed by atoms with E-state index in [-0.39, 0.29) is 6.04 Å². The van der Waals surface area contributed by atoms with Gasteiger partial charge in [-0.25, -0.2) is 4.68 Å². The molecule has 1 aliphatic heterocycles. The van der Waals surface area contributed by atoms with Crippen LogP contribution in [0, 0.1) is 0 Å². The zero-order valence-corrected chi connectivity index (χ0v) is 12.5. The Bertz CT molecular complexity index is 789. The minimum atomic E-state index is 0.0121. The highest BCUT2D eigenvalue weighted by molar-refractivity contribution is 7.11. The van der Waals surface area contributed by atoms with Crippen LogP contribution >= 0.6 is 22.9 Å². The average Bonchev–Trinajstić information content (AvgIpc) is 3.18. The molecule has 1 aliphatic rings. The predicted molar refractivity (Wildman–Crippen MR) is 85.5 cm³/mol. The lowest BCUT2D eigenvalue weighted by Gasteiger charge is -2.23. The number of rotatable bonds is 2. The molecule has 104 valence electrons. The highest BCUT2D eigenvalue weighted by atomic mass is 35.5. The van der Waals surface area contributed by atoms with Crippen molar-refractivity contribution in [2.45, 2.75) is 6.04 Å². The Morgan fingerprint density at radius 3 is 2.81 bits per heavy atom. The lowest BCUT2D eigenvalue weighted by molar-refractivity contribution is 0.612. The second-order valence-electron chi connectivity index (χ2n) is 4.71. The van der Waals surface area contributed by atoms with Crippen LogP contribution in [0.5, 0.6) is 0 Å². The Hall–Kier alpha value is -2.11. The minimum Gasteiger partial charge on any atom is -0.323 e. The van der Waals surface area contributed by atoms with Gasteiger partial charge in [0.1, 0.15) is 12.4 Å². The van der Waals surface area contributed by atoms with Crippen LogP contribution in [0.1, 0.15) is 16.5 Å². The predicted octanol–water partition coefficient (Wildman–Crippen LogP) is 4.05. The smallest absolute Gasteiger partial charge is 0.226 e. The Morgan fingerprint density at radius 1 is 1.19 bits per heavy atom. The van der Waals surface area contributed by atoms with Gasteiger partial charge in [0.2, 0.25) is 5.95 Å². The van der Waals surface area contributed by atoms with Crippen LogP contribution in [0.3, 0.4) is 0 Å². The maximum atomic E-state index is 5.98. The summed E-state index contributed by atoms with van der Waals surface area (Å²) in [6.45, 7) is 0. The second kappa shape index (κ2) is 5.02. The molecule has 0 aliphatic carbocycles. The zero-order chi connectivity index (χ0) is 14.2. The number of fused-ring (bicyclic) bond motifs is 1. The van der Waals surface area contributed by atoms with E-state index in [2.05, 4.69) is 32.9 Å². The van der Waals surface area contributed by atoms with Gasteiger partial charge < -0.3 is 5.32 Å². The maximum absolute atomic E-state index is 5.98. The van der Waals surface area contributed by atoms with Gasteiger partial charge in [-0.3, -0.25) is 0 Å². The number of anilines is 1. The summed E-state index contributed by atoms with van der Waals surface area (Å²) in [7, 11) is 0. The molecule has 0 fully saturated rings. The van der Waals surface area contributed by atoms with Crippen molar-refractivity contribution in [2.75, 3.05) is 5.32 Å². The van der Waals surface area contributed by atoms with Crippen LogP contribution in [0.25, 0.3) is 5.70 Å². The van der Waals surface area contributed by atoms with Gasteiger partial charge >= 0.3 is 0 Å². The van der Waals surface area contributed by atoms with Crippen LogP contribution in [0.15, 0.2) is 54.2 Å². The number of hydrogen-bond donors (Lipinski definition) is 1. The van der Waals surface area contributed by atoms with E-state index >= 15 is 0 Å². The van der Waals surface area contributed by atoms with Gasteiger partial charge in [0, 0.05) is 5.02 Å². The molecule has 0 amide bonds. The molecule has 6 heteroatoms. The molecule has 0 bridgehead atoms. The Labute approximate surface area is 130 Å². The van der Waals surface area contributed by atoms with E-state index in [1.165, 1.54) is 4.88 Å². The first-order valence-electron chi connectivity index (χ1n) is 6.49. The van der Waals surface area contributed by atoms with Crippen molar-refractivity contribution in [2.24, 2.45) is 0 Å². The quantitative estimate of drug-likeness (QED) is 0.776. The monoisotopic (exact) mass is 314 g/mol. The van der Waals surface area contributed by atoms with E-state index < -0.39 is 0 Å². The summed E-state index contributed by atoms with van der Waals surface area (Å²) >= 11 is 7.68. The molecule has 3 aromatic rings. The molecule has 1 aromatic carbocycles. The Morgan fingerprint density at radius 2 is 2.05 bits per heavy atom. The topological polar surface area (TPSA) is 42.7 Å². The van der Waals surface area contributed by atoms with Gasteiger partial charge in [-0.1, -0.05) is 29.8 Å². The molecule has 0 saturated carbocycles. The van der Waals surface area contributed by atoms with Gasteiger partial charge in [0.05, 0.1) is 10.6 Å². The van der Waals surface area contributed by atoms with Crippen LogP contribution in [0.4, 0.5) is 5.95 Å². The number of halogens is 1. The van der Waals surface area contributed by atoms with Crippen molar-refractivity contribution in [3.63, 3.8) is 0 Å². The molecule has 0 unspecified atom stereocenters. The molecule has 1 atom stereocenters. The van der Waals surface area contributed by atoms with Crippen molar-refractivity contribution >= 4 is 34.6 Å². The third-order valence-electron chi connectivity index (χ3n) is 3.41. The first-order chi connectivity index (χ1) is 10.3. The van der Waals surface area contributed by atoms with Gasteiger partial charge in [-0.2, -0.15) is 10.1 Å². The normalized spacial score (nSPS) is 17.0. The number of hydrogen-bond acceptors (Lipinski definition) is 4. The summed E-state index contributed by atoms with van der Waals surface area (Å²) < 4.78 is 1.88. The first-order valence-corrected chi connectivity index (χ1v) is 7.75. The summed E-state index contributed by atoms with van der Waals surface area (Å²) in [5.74, 6) is 0.751. The van der Waals surface area contributed by atoms with Crippen molar-refractivity contribution in [1.29, 1.82) is 0 Å². The van der Waals surface area contributed by atoms with E-state index in [4.69, 9.17) is 11.6 Å². The number of aromatic nitrogens is 3. The molecule has 4 rings (SSSR count). The summed E-state index contributed by atoms with van der Waals surface area (Å²) in [6.07, 6.45) is 3.73. The molecule has 0 saturated heterocycles. The standard InChI is InChI=1S/C15H11ClN4S/c16-11-5-3-10(4-6-11)13-8-12(14-2-1-7-21-14)19-15-17-9-18-20(13)15/h1-9,13H,(H,17,18,19)/t13-/m1/s1. The van der Waals surface area contributed by atoms with Crippen LogP contribution in [-0.4, -0.2) is 14.8 Å². The molecule has 2 aromatic heterocycles. The molecule has 1 N–H and O–H groups in total. The largest absolute Gasteiger partial charge is 0.323 e. The van der Waals surface area contributed by atoms with Crippen molar-refractivity contribution in [3.8, 4) is 0 Å². The highest BCUT2D eigenvalue weighted by Gasteiger charge is 2.23. The van der Waals surface area contributed by atoms with Crippen molar-refractivity contribution < 1.29 is 0 Å². The summed E-state index contributed by atoms with van der Waals surface area (Å²) in [4.78, 5) is 5.47. The SMILES string of the molecule is Clc1ccc([C@H]2C=C(c3cccs3)Nc3ncnn32)cc1. The third kappa shape index (κ3) is 2.24. The van der Waals surface area contributed by atoms with E-state index in [1.807, 2.05) is 35.0 Å².